The molecule has 16 heavy (non-hydrogen) atoms. The van der Waals surface area contributed by atoms with Crippen molar-refractivity contribution in [2.75, 3.05) is 0 Å². The van der Waals surface area contributed by atoms with E-state index in [1.54, 1.807) is 0 Å². The summed E-state index contributed by atoms with van der Waals surface area (Å²) in [6.45, 7) is 3.73. The van der Waals surface area contributed by atoms with Crippen molar-refractivity contribution >= 4 is 11.9 Å². The molecule has 0 spiro atoms. The summed E-state index contributed by atoms with van der Waals surface area (Å²) in [5, 5.41) is 26.5. The van der Waals surface area contributed by atoms with Crippen LogP contribution in [-0.2, 0) is 14.3 Å². The van der Waals surface area contributed by atoms with Crippen molar-refractivity contribution in [2.24, 2.45) is 0 Å². The number of carbonyl (C=O) groups is 2. The number of aliphatic carboxylic acids is 1. The molecule has 6 nitrogen and oxygen atoms in total. The van der Waals surface area contributed by atoms with E-state index in [4.69, 9.17) is 20.1 Å². The minimum Gasteiger partial charge on any atom is -0.479 e. The molecule has 3 unspecified atom stereocenters. The maximum absolute atomic E-state index is 11.2. The molecule has 94 valence electrons. The number of hydrogen-bond acceptors (Lipinski definition) is 5. The maximum Gasteiger partial charge on any atom is 0.338 e. The summed E-state index contributed by atoms with van der Waals surface area (Å²) in [5.41, 5.74) is 0. The number of carbonyl (C=O) groups excluding carboxylic acids is 1. The Morgan fingerprint density at radius 2 is 1.75 bits per heavy atom. The molecular weight excluding hydrogens is 216 g/mol. The zero-order chi connectivity index (χ0) is 12.7. The van der Waals surface area contributed by atoms with E-state index in [1.807, 2.05) is 13.8 Å². The number of esters is 1. The van der Waals surface area contributed by atoms with E-state index in [9.17, 15) is 9.59 Å². The minimum atomic E-state index is -2.15. The Morgan fingerprint density at radius 3 is 2.12 bits per heavy atom. The molecule has 0 aliphatic rings. The second-order valence-corrected chi connectivity index (χ2v) is 3.48. The summed E-state index contributed by atoms with van der Waals surface area (Å²) in [6.07, 6.45) is -2.51. The lowest BCUT2D eigenvalue weighted by Crippen LogP contribution is -2.41. The SMILES string of the molecule is CCCC(CC)OC(=O)C(O)C(O)C(=O)O. The van der Waals surface area contributed by atoms with Gasteiger partial charge in [0.15, 0.2) is 12.2 Å². The van der Waals surface area contributed by atoms with Crippen molar-refractivity contribution in [1.29, 1.82) is 0 Å². The lowest BCUT2D eigenvalue weighted by atomic mass is 10.1. The minimum absolute atomic E-state index is 0.354. The molecule has 0 radical (unpaired) electrons. The molecule has 0 aromatic carbocycles. The fourth-order valence-electron chi connectivity index (χ4n) is 1.17. The first kappa shape index (κ1) is 14.9. The Balaban J connectivity index is 4.27. The number of carboxylic acids is 1. The quantitative estimate of drug-likeness (QED) is 0.532. The van der Waals surface area contributed by atoms with Crippen LogP contribution in [0.5, 0.6) is 0 Å². The molecule has 0 amide bonds. The topological polar surface area (TPSA) is 104 Å². The van der Waals surface area contributed by atoms with Crippen LogP contribution in [-0.4, -0.2) is 45.6 Å². The average Bonchev–Trinajstić information content (AvgIpc) is 2.25. The predicted octanol–water partition coefficient (Wildman–Crippen LogP) is -0.0853. The molecule has 0 saturated carbocycles. The van der Waals surface area contributed by atoms with Crippen molar-refractivity contribution in [3.8, 4) is 0 Å². The molecule has 0 heterocycles. The van der Waals surface area contributed by atoms with E-state index in [0.29, 0.717) is 12.8 Å². The number of carboxylic acid groups (broad SMARTS) is 1. The van der Waals surface area contributed by atoms with E-state index in [2.05, 4.69) is 0 Å². The smallest absolute Gasteiger partial charge is 0.338 e. The number of hydrogen-bond donors (Lipinski definition) is 3. The van der Waals surface area contributed by atoms with Crippen molar-refractivity contribution in [3.05, 3.63) is 0 Å². The lowest BCUT2D eigenvalue weighted by Gasteiger charge is -2.19. The molecule has 0 aromatic heterocycles. The van der Waals surface area contributed by atoms with Crippen LogP contribution in [0, 0.1) is 0 Å². The van der Waals surface area contributed by atoms with Gasteiger partial charge in [-0.25, -0.2) is 9.59 Å². The molecule has 0 fully saturated rings. The van der Waals surface area contributed by atoms with Gasteiger partial charge in [-0.3, -0.25) is 0 Å². The number of ether oxygens (including phenoxy) is 1. The normalized spacial score (nSPS) is 16.2. The van der Waals surface area contributed by atoms with E-state index in [-0.39, 0.29) is 6.10 Å². The highest BCUT2D eigenvalue weighted by Crippen LogP contribution is 2.09. The fourth-order valence-corrected chi connectivity index (χ4v) is 1.17. The third kappa shape index (κ3) is 4.59. The van der Waals surface area contributed by atoms with Crippen LogP contribution in [0.3, 0.4) is 0 Å². The second-order valence-electron chi connectivity index (χ2n) is 3.48. The van der Waals surface area contributed by atoms with Crippen LogP contribution < -0.4 is 0 Å². The lowest BCUT2D eigenvalue weighted by molar-refractivity contribution is -0.173. The molecule has 0 bridgehead atoms. The second kappa shape index (κ2) is 7.19. The van der Waals surface area contributed by atoms with Crippen LogP contribution in [0.25, 0.3) is 0 Å². The van der Waals surface area contributed by atoms with Crippen molar-refractivity contribution < 1.29 is 29.6 Å². The highest BCUT2D eigenvalue weighted by Gasteiger charge is 2.32. The van der Waals surface area contributed by atoms with Crippen molar-refractivity contribution in [2.45, 2.75) is 51.4 Å². The summed E-state index contributed by atoms with van der Waals surface area (Å²) < 4.78 is 4.86. The van der Waals surface area contributed by atoms with Crippen LogP contribution in [0.2, 0.25) is 0 Å². The molecule has 0 saturated heterocycles. The van der Waals surface area contributed by atoms with E-state index < -0.39 is 24.1 Å². The Bertz CT molecular complexity index is 239. The first-order chi connectivity index (χ1) is 7.43. The standard InChI is InChI=1S/C10H18O6/c1-3-5-6(4-2)16-10(15)8(12)7(11)9(13)14/h6-8,11-12H,3-5H2,1-2H3,(H,13,14). The fraction of sp³-hybridized carbons (Fsp3) is 0.800. The zero-order valence-corrected chi connectivity index (χ0v) is 9.42. The Hall–Kier alpha value is -1.14. The molecule has 0 aliphatic heterocycles. The van der Waals surface area contributed by atoms with E-state index >= 15 is 0 Å². The average molecular weight is 234 g/mol. The number of rotatable bonds is 7. The molecule has 0 aliphatic carbocycles. The third-order valence-corrected chi connectivity index (χ3v) is 2.14. The maximum atomic E-state index is 11.2. The van der Waals surface area contributed by atoms with Crippen molar-refractivity contribution in [3.63, 3.8) is 0 Å². The van der Waals surface area contributed by atoms with E-state index in [1.165, 1.54) is 0 Å². The summed E-state index contributed by atoms with van der Waals surface area (Å²) >= 11 is 0. The molecular formula is C10H18O6. The molecule has 6 heteroatoms. The van der Waals surface area contributed by atoms with Gasteiger partial charge in [0.05, 0.1) is 0 Å². The van der Waals surface area contributed by atoms with Gasteiger partial charge < -0.3 is 20.1 Å². The Morgan fingerprint density at radius 1 is 1.19 bits per heavy atom. The zero-order valence-electron chi connectivity index (χ0n) is 9.42. The monoisotopic (exact) mass is 234 g/mol. The van der Waals surface area contributed by atoms with Crippen LogP contribution >= 0.6 is 0 Å². The predicted molar refractivity (Wildman–Crippen MR) is 54.7 cm³/mol. The van der Waals surface area contributed by atoms with Crippen molar-refractivity contribution in [1.82, 2.24) is 0 Å². The van der Waals surface area contributed by atoms with Gasteiger partial charge >= 0.3 is 11.9 Å². The summed E-state index contributed by atoms with van der Waals surface area (Å²) in [4.78, 5) is 21.5. The Labute approximate surface area is 93.8 Å². The number of aliphatic hydroxyl groups is 2. The van der Waals surface area contributed by atoms with Crippen LogP contribution in [0.1, 0.15) is 33.1 Å². The summed E-state index contributed by atoms with van der Waals surface area (Å²) in [7, 11) is 0. The van der Waals surface area contributed by atoms with Crippen LogP contribution in [0.15, 0.2) is 0 Å². The highest BCUT2D eigenvalue weighted by atomic mass is 16.6. The van der Waals surface area contributed by atoms with Gasteiger partial charge in [0.2, 0.25) is 0 Å². The third-order valence-electron chi connectivity index (χ3n) is 2.14. The van der Waals surface area contributed by atoms with Gasteiger partial charge in [-0.2, -0.15) is 0 Å². The Kier molecular flexibility index (Phi) is 6.67. The largest absolute Gasteiger partial charge is 0.479 e. The van der Waals surface area contributed by atoms with Gasteiger partial charge in [-0.1, -0.05) is 20.3 Å². The van der Waals surface area contributed by atoms with Crippen LogP contribution in [0.4, 0.5) is 0 Å². The van der Waals surface area contributed by atoms with Gasteiger partial charge in [0.25, 0.3) is 0 Å². The van der Waals surface area contributed by atoms with Gasteiger partial charge in [0, 0.05) is 0 Å². The van der Waals surface area contributed by atoms with E-state index in [0.717, 1.165) is 6.42 Å². The first-order valence-corrected chi connectivity index (χ1v) is 5.23. The molecule has 0 aromatic rings. The molecule has 3 atom stereocenters. The van der Waals surface area contributed by atoms with Gasteiger partial charge in [-0.05, 0) is 12.8 Å². The first-order valence-electron chi connectivity index (χ1n) is 5.23. The summed E-state index contributed by atoms with van der Waals surface area (Å²) in [6, 6.07) is 0. The molecule has 0 rings (SSSR count). The number of aliphatic hydroxyl groups excluding tert-OH is 2. The molecule has 3 N–H and O–H groups in total. The summed E-state index contributed by atoms with van der Waals surface area (Å²) in [5.74, 6) is -2.76. The van der Waals surface area contributed by atoms with Gasteiger partial charge in [0.1, 0.15) is 6.10 Å². The van der Waals surface area contributed by atoms with Gasteiger partial charge in [-0.15, -0.1) is 0 Å². The highest BCUT2D eigenvalue weighted by molar-refractivity contribution is 5.84.